The monoisotopic (exact) mass is 474 g/mol. The third-order valence-electron chi connectivity index (χ3n) is 5.72. The van der Waals surface area contributed by atoms with Crippen molar-refractivity contribution in [2.45, 2.75) is 84.5 Å². The molecule has 0 amide bonds. The van der Waals surface area contributed by atoms with Crippen LogP contribution in [-0.2, 0) is 38.3 Å². The highest BCUT2D eigenvalue weighted by atomic mass is 16.7. The molecule has 0 bridgehead atoms. The zero-order valence-corrected chi connectivity index (χ0v) is 20.5. The van der Waals surface area contributed by atoms with Gasteiger partial charge >= 0.3 is 11.9 Å². The Balaban J connectivity index is 1.88. The Morgan fingerprint density at radius 3 is 2.26 bits per heavy atom. The lowest BCUT2D eigenvalue weighted by Gasteiger charge is -2.16. The number of phenols is 2. The van der Waals surface area contributed by atoms with E-state index in [1.54, 1.807) is 19.1 Å². The molecule has 0 aliphatic heterocycles. The minimum Gasteiger partial charge on any atom is -0.508 e. The molecule has 0 aliphatic rings. The predicted molar refractivity (Wildman–Crippen MR) is 132 cm³/mol. The highest BCUT2D eigenvalue weighted by molar-refractivity contribution is 5.72. The van der Waals surface area contributed by atoms with Crippen LogP contribution in [0.15, 0.2) is 36.4 Å². The highest BCUT2D eigenvalue weighted by Gasteiger charge is 2.17. The van der Waals surface area contributed by atoms with Crippen LogP contribution in [0.4, 0.5) is 0 Å². The van der Waals surface area contributed by atoms with Crippen molar-refractivity contribution < 1.29 is 32.0 Å². The highest BCUT2D eigenvalue weighted by Crippen LogP contribution is 2.28. The van der Waals surface area contributed by atoms with Crippen molar-refractivity contribution in [1.29, 1.82) is 0 Å². The number of aryl methyl sites for hydroxylation is 3. The van der Waals surface area contributed by atoms with Crippen molar-refractivity contribution in [1.82, 2.24) is 0 Å². The smallest absolute Gasteiger partial charge is 0.309 e. The minimum absolute atomic E-state index is 0.0995. The topological polar surface area (TPSA) is 93.1 Å². The van der Waals surface area contributed by atoms with Crippen molar-refractivity contribution >= 4 is 11.9 Å². The lowest BCUT2D eigenvalue weighted by molar-refractivity contribution is -0.167. The number of unbranched alkanes of at least 4 members (excludes halogenated alkanes) is 2. The predicted octanol–water partition coefficient (Wildman–Crippen LogP) is 5.95. The van der Waals surface area contributed by atoms with Gasteiger partial charge in [-0.15, -0.1) is 0 Å². The molecule has 0 spiro atoms. The number of carbonyl (C=O) groups excluding carboxylic acids is 2. The van der Waals surface area contributed by atoms with Gasteiger partial charge in [-0.1, -0.05) is 45.7 Å². The Morgan fingerprint density at radius 1 is 0.912 bits per heavy atom. The third-order valence-corrected chi connectivity index (χ3v) is 5.72. The Bertz CT molecular complexity index is 1030. The Morgan fingerprint density at radius 2 is 1.56 bits per heavy atom. The van der Waals surface area contributed by atoms with Gasteiger partial charge in [-0.2, -0.15) is 0 Å². The van der Waals surface area contributed by atoms with Crippen LogP contribution in [0.1, 0.15) is 90.2 Å². The molecule has 6 nitrogen and oxygen atoms in total. The Labute approximate surface area is 205 Å². The van der Waals surface area contributed by atoms with Crippen LogP contribution >= 0.6 is 0 Å². The first-order chi connectivity index (χ1) is 17.1. The fourth-order valence-electron chi connectivity index (χ4n) is 3.78. The molecule has 1 unspecified atom stereocenters. The molecule has 0 aromatic heterocycles. The molecule has 2 N–H and O–H groups in total. The van der Waals surface area contributed by atoms with Gasteiger partial charge in [0.15, 0.2) is 0 Å². The molecule has 0 fully saturated rings. The second kappa shape index (κ2) is 14.3. The summed E-state index contributed by atoms with van der Waals surface area (Å²) in [5, 5.41) is 19.7. The van der Waals surface area contributed by atoms with Gasteiger partial charge in [0.1, 0.15) is 11.5 Å². The van der Waals surface area contributed by atoms with Gasteiger partial charge < -0.3 is 19.7 Å². The fourth-order valence-corrected chi connectivity index (χ4v) is 3.78. The van der Waals surface area contributed by atoms with Crippen molar-refractivity contribution in [3.8, 4) is 11.5 Å². The molecule has 2 aromatic rings. The van der Waals surface area contributed by atoms with Gasteiger partial charge in [0.05, 0.1) is 7.79 Å². The molecule has 6 heteroatoms. The summed E-state index contributed by atoms with van der Waals surface area (Å²) in [4.78, 5) is 24.6. The SMILES string of the molecule is [3H]c1cc(C([3H])(C)CC(=O)OCOC(=O)CCc2ccc(O)cc2CCCC)c(CCCC)cc1O. The number of hydrogen-bond donors (Lipinski definition) is 2. The van der Waals surface area contributed by atoms with Crippen LogP contribution in [-0.4, -0.2) is 28.9 Å². The summed E-state index contributed by atoms with van der Waals surface area (Å²) in [6.07, 6.45) is 5.51. The van der Waals surface area contributed by atoms with E-state index in [1.165, 1.54) is 12.1 Å². The number of esters is 2. The Kier molecular flexibility index (Phi) is 10.1. The fraction of sp³-hybridized carbons (Fsp3) is 0.500. The number of ether oxygens (including phenoxy) is 2. The summed E-state index contributed by atoms with van der Waals surface area (Å²) >= 11 is 0. The minimum atomic E-state index is -1.37. The second-order valence-corrected chi connectivity index (χ2v) is 8.52. The molecule has 2 rings (SSSR count). The maximum Gasteiger partial charge on any atom is 0.309 e. The van der Waals surface area contributed by atoms with Gasteiger partial charge in [0, 0.05) is 7.79 Å². The van der Waals surface area contributed by atoms with E-state index in [0.29, 0.717) is 18.4 Å². The van der Waals surface area contributed by atoms with E-state index in [9.17, 15) is 19.8 Å². The largest absolute Gasteiger partial charge is 0.508 e. The van der Waals surface area contributed by atoms with Gasteiger partial charge in [-0.25, -0.2) is 0 Å². The quantitative estimate of drug-likeness (QED) is 0.259. The lowest BCUT2D eigenvalue weighted by atomic mass is 9.90. The van der Waals surface area contributed by atoms with E-state index in [1.807, 2.05) is 13.0 Å². The number of hydrogen-bond acceptors (Lipinski definition) is 6. The molecule has 1 atom stereocenters. The summed E-state index contributed by atoms with van der Waals surface area (Å²) in [6.45, 7) is 5.16. The molecule has 0 radical (unpaired) electrons. The van der Waals surface area contributed by atoms with E-state index in [2.05, 4.69) is 6.92 Å². The zero-order valence-electron chi connectivity index (χ0n) is 22.5. The first-order valence-corrected chi connectivity index (χ1v) is 12.0. The average molecular weight is 475 g/mol. The van der Waals surface area contributed by atoms with Crippen molar-refractivity contribution in [3.63, 3.8) is 0 Å². The van der Waals surface area contributed by atoms with E-state index in [0.717, 1.165) is 48.8 Å². The van der Waals surface area contributed by atoms with Crippen LogP contribution in [0.3, 0.4) is 0 Å². The van der Waals surface area contributed by atoms with Gasteiger partial charge in [-0.3, -0.25) is 9.59 Å². The Hall–Kier alpha value is -3.02. The van der Waals surface area contributed by atoms with E-state index in [-0.39, 0.29) is 30.4 Å². The molecule has 2 aromatic carbocycles. The number of rotatable bonds is 14. The molecule has 0 heterocycles. The van der Waals surface area contributed by atoms with Gasteiger partial charge in [-0.05, 0) is 84.5 Å². The summed E-state index contributed by atoms with van der Waals surface area (Å²) in [7, 11) is 0. The van der Waals surface area contributed by atoms with Crippen LogP contribution < -0.4 is 0 Å². The van der Waals surface area contributed by atoms with Crippen LogP contribution in [0.2, 0.25) is 0 Å². The molecule has 0 saturated carbocycles. The number of aromatic hydroxyl groups is 2. The van der Waals surface area contributed by atoms with Gasteiger partial charge in [0.2, 0.25) is 6.79 Å². The number of carbonyl (C=O) groups is 2. The normalized spacial score (nSPS) is 13.5. The first-order valence-electron chi connectivity index (χ1n) is 13.0. The summed E-state index contributed by atoms with van der Waals surface area (Å²) in [5.41, 5.74) is 3.21. The lowest BCUT2D eigenvalue weighted by Crippen LogP contribution is -2.15. The first kappa shape index (κ1) is 24.1. The van der Waals surface area contributed by atoms with E-state index < -0.39 is 24.6 Å². The van der Waals surface area contributed by atoms with Crippen LogP contribution in [0.25, 0.3) is 0 Å². The summed E-state index contributed by atoms with van der Waals surface area (Å²) in [6, 6.07) is 7.96. The van der Waals surface area contributed by atoms with Crippen molar-refractivity contribution in [2.24, 2.45) is 0 Å². The maximum atomic E-state index is 12.4. The molecular weight excluding hydrogens is 432 g/mol. The van der Waals surface area contributed by atoms with Crippen molar-refractivity contribution in [3.05, 3.63) is 58.6 Å². The molecule has 34 heavy (non-hydrogen) atoms. The van der Waals surface area contributed by atoms with Crippen LogP contribution in [0, 0.1) is 0 Å². The molecule has 0 aliphatic carbocycles. The third kappa shape index (κ3) is 9.08. The molecule has 186 valence electrons. The van der Waals surface area contributed by atoms with E-state index in [4.69, 9.17) is 12.2 Å². The standard InChI is InChI=1S/C28H38O6/c1-4-6-8-22-17-24(29)12-10-21(22)11-15-27(31)33-19-34-28(32)16-20(3)26-14-13-25(30)18-23(26)9-7-5-2/h10,12-14,17-18,20,29-30H,4-9,11,15-16,19H2,1-3H3/i13T,20T. The molecular formula is C28H38O6. The van der Waals surface area contributed by atoms with Crippen LogP contribution in [0.5, 0.6) is 11.5 Å². The average Bonchev–Trinajstić information content (AvgIpc) is 2.82. The summed E-state index contributed by atoms with van der Waals surface area (Å²) in [5.74, 6) is -2.53. The van der Waals surface area contributed by atoms with E-state index >= 15 is 0 Å². The number of phenolic OH excluding ortho intramolecular Hbond substituents is 2. The molecule has 0 saturated heterocycles. The van der Waals surface area contributed by atoms with Gasteiger partial charge in [0.25, 0.3) is 0 Å². The second-order valence-electron chi connectivity index (χ2n) is 8.52. The van der Waals surface area contributed by atoms with Crippen molar-refractivity contribution in [2.75, 3.05) is 6.79 Å². The summed E-state index contributed by atoms with van der Waals surface area (Å²) < 4.78 is 26.7. The zero-order chi connectivity index (χ0) is 26.7. The number of benzene rings is 2. The maximum absolute atomic E-state index is 12.4.